The van der Waals surface area contributed by atoms with Gasteiger partial charge >= 0.3 is 5.97 Å². The number of thioether (sulfide) groups is 1. The summed E-state index contributed by atoms with van der Waals surface area (Å²) in [6, 6.07) is 0.483. The van der Waals surface area contributed by atoms with Crippen LogP contribution in [0.25, 0.3) is 0 Å². The van der Waals surface area contributed by atoms with Gasteiger partial charge in [-0.15, -0.1) is 0 Å². The summed E-state index contributed by atoms with van der Waals surface area (Å²) >= 11 is 2.06. The van der Waals surface area contributed by atoms with E-state index in [2.05, 4.69) is 37.8 Å². The van der Waals surface area contributed by atoms with Gasteiger partial charge in [0.05, 0.1) is 5.92 Å². The number of hydrogen-bond acceptors (Lipinski definition) is 3. The van der Waals surface area contributed by atoms with Gasteiger partial charge in [0.25, 0.3) is 0 Å². The minimum Gasteiger partial charge on any atom is -0.481 e. The minimum absolute atomic E-state index is 0.119. The number of hydrogen-bond donors (Lipinski definition) is 2. The standard InChI is InChI=1S/C15H27NO2S/c1-10-13(16-8-11-6-7-19-9-11)5-4-12(14(17)18)15(10,2)3/h10-13,16H,4-9H2,1-3H3,(H,17,18). The van der Waals surface area contributed by atoms with E-state index in [9.17, 15) is 9.90 Å². The molecule has 0 spiro atoms. The number of rotatable bonds is 4. The fraction of sp³-hybridized carbons (Fsp3) is 0.933. The molecule has 0 bridgehead atoms. The van der Waals surface area contributed by atoms with Crippen LogP contribution in [0.1, 0.15) is 40.0 Å². The summed E-state index contributed by atoms with van der Waals surface area (Å²) in [6.07, 6.45) is 3.14. The normalized spacial score (nSPS) is 38.3. The molecule has 1 aliphatic carbocycles. The number of nitrogens with one attached hydrogen (secondary N) is 1. The van der Waals surface area contributed by atoms with E-state index in [1.54, 1.807) is 0 Å². The molecular formula is C15H27NO2S. The second-order valence-electron chi connectivity index (χ2n) is 6.82. The lowest BCUT2D eigenvalue weighted by Gasteiger charge is -2.46. The molecule has 0 aromatic rings. The van der Waals surface area contributed by atoms with Gasteiger partial charge in [0.15, 0.2) is 0 Å². The van der Waals surface area contributed by atoms with E-state index < -0.39 is 5.97 Å². The van der Waals surface area contributed by atoms with Crippen LogP contribution >= 0.6 is 11.8 Å². The highest BCUT2D eigenvalue weighted by Crippen LogP contribution is 2.45. The van der Waals surface area contributed by atoms with Crippen LogP contribution in [0, 0.1) is 23.2 Å². The monoisotopic (exact) mass is 285 g/mol. The van der Waals surface area contributed by atoms with E-state index in [4.69, 9.17) is 0 Å². The molecule has 2 rings (SSSR count). The third kappa shape index (κ3) is 3.27. The first-order valence-electron chi connectivity index (χ1n) is 7.47. The molecule has 19 heavy (non-hydrogen) atoms. The van der Waals surface area contributed by atoms with Gasteiger partial charge in [0.1, 0.15) is 0 Å². The molecule has 1 saturated heterocycles. The highest BCUT2D eigenvalue weighted by molar-refractivity contribution is 7.99. The molecule has 4 atom stereocenters. The summed E-state index contributed by atoms with van der Waals surface area (Å²) in [5.41, 5.74) is -0.119. The average molecular weight is 285 g/mol. The maximum atomic E-state index is 11.4. The molecule has 4 heteroatoms. The van der Waals surface area contributed by atoms with Crippen molar-refractivity contribution in [3.63, 3.8) is 0 Å². The third-order valence-electron chi connectivity index (χ3n) is 5.43. The van der Waals surface area contributed by atoms with Crippen LogP contribution < -0.4 is 5.32 Å². The van der Waals surface area contributed by atoms with Crippen LogP contribution in [0.3, 0.4) is 0 Å². The zero-order chi connectivity index (χ0) is 14.0. The van der Waals surface area contributed by atoms with Crippen molar-refractivity contribution >= 4 is 17.7 Å². The Morgan fingerprint density at radius 1 is 1.37 bits per heavy atom. The Balaban J connectivity index is 1.91. The average Bonchev–Trinajstić information content (AvgIpc) is 2.83. The molecular weight excluding hydrogens is 258 g/mol. The van der Waals surface area contributed by atoms with E-state index in [0.717, 1.165) is 25.3 Å². The predicted molar refractivity (Wildman–Crippen MR) is 80.5 cm³/mol. The lowest BCUT2D eigenvalue weighted by atomic mass is 9.61. The lowest BCUT2D eigenvalue weighted by molar-refractivity contribution is -0.150. The summed E-state index contributed by atoms with van der Waals surface area (Å²) in [4.78, 5) is 11.4. The molecule has 2 N–H and O–H groups in total. The van der Waals surface area contributed by atoms with Crippen LogP contribution in [0.5, 0.6) is 0 Å². The zero-order valence-electron chi connectivity index (χ0n) is 12.3. The van der Waals surface area contributed by atoms with Crippen LogP contribution in [-0.2, 0) is 4.79 Å². The molecule has 0 aromatic carbocycles. The Morgan fingerprint density at radius 3 is 2.68 bits per heavy atom. The van der Waals surface area contributed by atoms with Gasteiger partial charge in [0, 0.05) is 6.04 Å². The summed E-state index contributed by atoms with van der Waals surface area (Å²) in [5.74, 6) is 3.01. The second-order valence-corrected chi connectivity index (χ2v) is 7.97. The maximum Gasteiger partial charge on any atom is 0.307 e. The Morgan fingerprint density at radius 2 is 2.11 bits per heavy atom. The number of carboxylic acids is 1. The summed E-state index contributed by atoms with van der Waals surface area (Å²) in [6.45, 7) is 7.57. The van der Waals surface area contributed by atoms with Crippen molar-refractivity contribution in [3.05, 3.63) is 0 Å². The van der Waals surface area contributed by atoms with Gasteiger partial charge < -0.3 is 10.4 Å². The van der Waals surface area contributed by atoms with Crippen LogP contribution in [0.4, 0.5) is 0 Å². The van der Waals surface area contributed by atoms with Gasteiger partial charge in [-0.05, 0) is 54.6 Å². The second kappa shape index (κ2) is 6.04. The van der Waals surface area contributed by atoms with Crippen LogP contribution in [0.2, 0.25) is 0 Å². The minimum atomic E-state index is -0.623. The number of carboxylic acid groups (broad SMARTS) is 1. The topological polar surface area (TPSA) is 49.3 Å². The van der Waals surface area contributed by atoms with Crippen molar-refractivity contribution in [2.45, 2.75) is 46.1 Å². The van der Waals surface area contributed by atoms with Crippen molar-refractivity contribution in [2.75, 3.05) is 18.1 Å². The molecule has 0 radical (unpaired) electrons. The van der Waals surface area contributed by atoms with Gasteiger partial charge in [-0.2, -0.15) is 11.8 Å². The first-order chi connectivity index (χ1) is 8.93. The van der Waals surface area contributed by atoms with E-state index in [-0.39, 0.29) is 11.3 Å². The Hall–Kier alpha value is -0.220. The van der Waals surface area contributed by atoms with E-state index in [0.29, 0.717) is 12.0 Å². The first-order valence-corrected chi connectivity index (χ1v) is 8.62. The summed E-state index contributed by atoms with van der Waals surface area (Å²) in [7, 11) is 0. The smallest absolute Gasteiger partial charge is 0.307 e. The van der Waals surface area contributed by atoms with Gasteiger partial charge in [-0.1, -0.05) is 20.8 Å². The molecule has 110 valence electrons. The molecule has 1 aliphatic heterocycles. The molecule has 2 aliphatic rings. The Kier molecular flexibility index (Phi) is 4.83. The van der Waals surface area contributed by atoms with E-state index >= 15 is 0 Å². The SMILES string of the molecule is CC1C(NCC2CCSC2)CCC(C(=O)O)C1(C)C. The predicted octanol–water partition coefficient (Wildman–Crippen LogP) is 2.85. The fourth-order valence-corrected chi connectivity index (χ4v) is 4.87. The van der Waals surface area contributed by atoms with Crippen molar-refractivity contribution in [1.82, 2.24) is 5.32 Å². The lowest BCUT2D eigenvalue weighted by Crippen LogP contribution is -2.51. The summed E-state index contributed by atoms with van der Waals surface area (Å²) in [5, 5.41) is 13.1. The van der Waals surface area contributed by atoms with Gasteiger partial charge in [-0.25, -0.2) is 0 Å². The Labute approximate surface area is 120 Å². The van der Waals surface area contributed by atoms with Gasteiger partial charge in [0.2, 0.25) is 0 Å². The molecule has 3 nitrogen and oxygen atoms in total. The Bertz CT molecular complexity index is 326. The molecule has 4 unspecified atom stereocenters. The molecule has 0 amide bonds. The van der Waals surface area contributed by atoms with Crippen molar-refractivity contribution in [2.24, 2.45) is 23.2 Å². The first kappa shape index (κ1) is 15.2. The molecule has 1 heterocycles. The van der Waals surface area contributed by atoms with Crippen LogP contribution in [-0.4, -0.2) is 35.2 Å². The molecule has 1 saturated carbocycles. The van der Waals surface area contributed by atoms with E-state index in [1.807, 2.05) is 0 Å². The largest absolute Gasteiger partial charge is 0.481 e. The fourth-order valence-electron chi connectivity index (χ4n) is 3.59. The highest BCUT2D eigenvalue weighted by Gasteiger charge is 2.46. The quantitative estimate of drug-likeness (QED) is 0.834. The van der Waals surface area contributed by atoms with Crippen molar-refractivity contribution < 1.29 is 9.90 Å². The third-order valence-corrected chi connectivity index (χ3v) is 6.66. The van der Waals surface area contributed by atoms with Crippen molar-refractivity contribution in [1.29, 1.82) is 0 Å². The van der Waals surface area contributed by atoms with Gasteiger partial charge in [-0.3, -0.25) is 4.79 Å². The van der Waals surface area contributed by atoms with Crippen LogP contribution in [0.15, 0.2) is 0 Å². The highest BCUT2D eigenvalue weighted by atomic mass is 32.2. The van der Waals surface area contributed by atoms with E-state index in [1.165, 1.54) is 17.9 Å². The number of carbonyl (C=O) groups is 1. The summed E-state index contributed by atoms with van der Waals surface area (Å²) < 4.78 is 0. The van der Waals surface area contributed by atoms with Crippen molar-refractivity contribution in [3.8, 4) is 0 Å². The molecule has 0 aromatic heterocycles. The zero-order valence-corrected chi connectivity index (χ0v) is 13.1. The maximum absolute atomic E-state index is 11.4. The molecule has 2 fully saturated rings. The number of aliphatic carboxylic acids is 1.